The number of hydrogen-bond donors (Lipinski definition) is 5. The largest absolute Gasteiger partial charge is 0.508 e. The van der Waals surface area contributed by atoms with Gasteiger partial charge in [0.25, 0.3) is 0 Å². The van der Waals surface area contributed by atoms with Crippen molar-refractivity contribution in [3.05, 3.63) is 119 Å². The van der Waals surface area contributed by atoms with Gasteiger partial charge in [-0.15, -0.1) is 5.10 Å². The fourth-order valence-electron chi connectivity index (χ4n) is 5.90. The van der Waals surface area contributed by atoms with Crippen molar-refractivity contribution in [2.45, 2.75) is 68.9 Å². The van der Waals surface area contributed by atoms with Crippen molar-refractivity contribution in [1.29, 1.82) is 0 Å². The molecule has 0 spiro atoms. The van der Waals surface area contributed by atoms with Gasteiger partial charge >= 0.3 is 0 Å². The highest BCUT2D eigenvalue weighted by atomic mass is 32.2. The molecule has 6 rings (SSSR count). The SMILES string of the molecule is O=C(CCCCC(=O)NCc1ccccc1-c1ccc([C@@H]2O[C@H](CSc3nnnn3-c3ccc(O)cc3)C[C@H](c3ccc(CO)cc3)O2)cc1)NO. The van der Waals surface area contributed by atoms with Gasteiger partial charge in [-0.05, 0) is 75.4 Å². The van der Waals surface area contributed by atoms with Crippen LogP contribution in [0.3, 0.4) is 0 Å². The molecule has 1 aromatic heterocycles. The molecule has 0 unspecified atom stereocenters. The van der Waals surface area contributed by atoms with E-state index in [1.54, 1.807) is 34.4 Å². The van der Waals surface area contributed by atoms with Crippen LogP contribution in [0.25, 0.3) is 16.8 Å². The Hall–Kier alpha value is -5.12. The maximum atomic E-state index is 12.5. The molecule has 0 radical (unpaired) electrons. The summed E-state index contributed by atoms with van der Waals surface area (Å²) in [5.41, 5.74) is 7.91. The smallest absolute Gasteiger partial charge is 0.243 e. The lowest BCUT2D eigenvalue weighted by Gasteiger charge is -2.36. The first-order chi connectivity index (χ1) is 25.4. The van der Waals surface area contributed by atoms with Crippen LogP contribution in [0.4, 0.5) is 0 Å². The maximum absolute atomic E-state index is 12.5. The third-order valence-corrected chi connectivity index (χ3v) is 9.77. The fourth-order valence-corrected chi connectivity index (χ4v) is 6.81. The number of phenols is 1. The van der Waals surface area contributed by atoms with Gasteiger partial charge in [0.2, 0.25) is 17.0 Å². The van der Waals surface area contributed by atoms with Crippen molar-refractivity contribution in [2.75, 3.05) is 5.75 Å². The lowest BCUT2D eigenvalue weighted by molar-refractivity contribution is -0.245. The number of hydroxylamine groups is 1. The minimum atomic E-state index is -0.651. The van der Waals surface area contributed by atoms with Crippen LogP contribution in [0.1, 0.15) is 66.8 Å². The summed E-state index contributed by atoms with van der Waals surface area (Å²) in [6, 6.07) is 30.3. The van der Waals surface area contributed by atoms with Crippen LogP contribution in [-0.4, -0.2) is 59.3 Å². The predicted molar refractivity (Wildman–Crippen MR) is 192 cm³/mol. The maximum Gasteiger partial charge on any atom is 0.243 e. The molecule has 4 aromatic carbocycles. The molecule has 0 bridgehead atoms. The van der Waals surface area contributed by atoms with E-state index in [2.05, 4.69) is 20.8 Å². The van der Waals surface area contributed by atoms with Gasteiger partial charge in [-0.25, -0.2) is 5.48 Å². The number of thioether (sulfide) groups is 1. The first-order valence-electron chi connectivity index (χ1n) is 17.0. The summed E-state index contributed by atoms with van der Waals surface area (Å²) in [5, 5.41) is 43.7. The van der Waals surface area contributed by atoms with Gasteiger partial charge in [0.15, 0.2) is 6.29 Å². The van der Waals surface area contributed by atoms with Gasteiger partial charge in [0, 0.05) is 37.1 Å². The molecule has 5 N–H and O–H groups in total. The molecule has 2 heterocycles. The molecule has 5 aromatic rings. The summed E-state index contributed by atoms with van der Waals surface area (Å²) in [4.78, 5) is 23.7. The Morgan fingerprint density at radius 2 is 1.58 bits per heavy atom. The Morgan fingerprint density at radius 3 is 2.31 bits per heavy atom. The number of carbonyl (C=O) groups excluding carboxylic acids is 2. The molecule has 1 aliphatic heterocycles. The highest BCUT2D eigenvalue weighted by molar-refractivity contribution is 7.99. The van der Waals surface area contributed by atoms with Gasteiger partial charge in [-0.1, -0.05) is 84.6 Å². The van der Waals surface area contributed by atoms with Crippen molar-refractivity contribution in [3.8, 4) is 22.6 Å². The highest BCUT2D eigenvalue weighted by Crippen LogP contribution is 2.40. The number of aliphatic hydroxyl groups excluding tert-OH is 1. The Bertz CT molecular complexity index is 1920. The number of aromatic nitrogens is 4. The number of aromatic hydroxyl groups is 1. The van der Waals surface area contributed by atoms with E-state index in [0.717, 1.165) is 39.1 Å². The number of ether oxygens (including phenoxy) is 2. The van der Waals surface area contributed by atoms with E-state index in [-0.39, 0.29) is 36.9 Å². The number of unbranched alkanes of at least 4 members (excludes halogenated alkanes) is 1. The van der Waals surface area contributed by atoms with Crippen LogP contribution in [-0.2, 0) is 32.2 Å². The lowest BCUT2D eigenvalue weighted by atomic mass is 9.97. The van der Waals surface area contributed by atoms with Crippen LogP contribution in [0.5, 0.6) is 5.75 Å². The van der Waals surface area contributed by atoms with E-state index in [4.69, 9.17) is 14.7 Å². The number of amides is 2. The van der Waals surface area contributed by atoms with E-state index in [1.807, 2.05) is 72.8 Å². The van der Waals surface area contributed by atoms with Crippen LogP contribution < -0.4 is 10.8 Å². The van der Waals surface area contributed by atoms with Crippen molar-refractivity contribution in [3.63, 3.8) is 0 Å². The number of aliphatic hydroxyl groups is 1. The molecule has 14 heteroatoms. The van der Waals surface area contributed by atoms with Crippen molar-refractivity contribution < 1.29 is 34.5 Å². The average molecular weight is 725 g/mol. The van der Waals surface area contributed by atoms with E-state index >= 15 is 0 Å². The number of phenolic OH excluding ortho intramolecular Hbond substituents is 1. The first-order valence-corrected chi connectivity index (χ1v) is 18.0. The molecule has 2 amide bonds. The average Bonchev–Trinajstić information content (AvgIpc) is 3.67. The minimum absolute atomic E-state index is 0.0399. The van der Waals surface area contributed by atoms with Gasteiger partial charge in [-0.3, -0.25) is 14.8 Å². The Balaban J connectivity index is 1.14. The van der Waals surface area contributed by atoms with Gasteiger partial charge in [0.05, 0.1) is 24.5 Å². The monoisotopic (exact) mass is 724 g/mol. The number of hydrogen-bond acceptors (Lipinski definition) is 11. The Morgan fingerprint density at radius 1 is 0.865 bits per heavy atom. The number of nitrogens with one attached hydrogen (secondary N) is 2. The standard InChI is InChI=1S/C38H40N6O7S/c45-23-25-9-11-27(12-10-25)34-21-32(24-52-38-40-42-43-44(38)30-17-19-31(46)20-18-30)50-37(51-34)28-15-13-26(14-16-28)33-6-2-1-5-29(33)22-39-35(47)7-3-4-8-36(48)41-49/h1-2,5-6,9-20,32,34,37,45-46,49H,3-4,7-8,21-24H2,(H,39,47)(H,41,48)/t32-,34+,37+/m0/s1. The van der Waals surface area contributed by atoms with Crippen LogP contribution in [0.2, 0.25) is 0 Å². The second-order valence-electron chi connectivity index (χ2n) is 12.3. The second kappa shape index (κ2) is 17.9. The molecule has 13 nitrogen and oxygen atoms in total. The summed E-state index contributed by atoms with van der Waals surface area (Å²) in [5.74, 6) is 0.144. The van der Waals surface area contributed by atoms with E-state index in [0.29, 0.717) is 43.1 Å². The number of carbonyl (C=O) groups is 2. The van der Waals surface area contributed by atoms with Crippen molar-refractivity contribution >= 4 is 23.6 Å². The number of tetrazole rings is 1. The Kier molecular flexibility index (Phi) is 12.6. The van der Waals surface area contributed by atoms with E-state index in [9.17, 15) is 19.8 Å². The molecule has 0 saturated carbocycles. The number of rotatable bonds is 15. The Labute approximate surface area is 304 Å². The van der Waals surface area contributed by atoms with Crippen LogP contribution >= 0.6 is 11.8 Å². The molecule has 1 saturated heterocycles. The molecular formula is C38H40N6O7S. The van der Waals surface area contributed by atoms with Gasteiger partial charge < -0.3 is 25.0 Å². The molecule has 1 aliphatic rings. The third-order valence-electron chi connectivity index (χ3n) is 8.72. The first kappa shape index (κ1) is 36.7. The zero-order chi connectivity index (χ0) is 36.3. The lowest BCUT2D eigenvalue weighted by Crippen LogP contribution is -2.31. The second-order valence-corrected chi connectivity index (χ2v) is 13.3. The molecule has 52 heavy (non-hydrogen) atoms. The van der Waals surface area contributed by atoms with E-state index < -0.39 is 12.2 Å². The molecule has 0 aliphatic carbocycles. The molecular weight excluding hydrogens is 685 g/mol. The van der Waals surface area contributed by atoms with Crippen LogP contribution in [0, 0.1) is 0 Å². The summed E-state index contributed by atoms with van der Waals surface area (Å²) >= 11 is 1.47. The zero-order valence-electron chi connectivity index (χ0n) is 28.3. The fraction of sp³-hybridized carbons (Fsp3) is 0.289. The number of nitrogens with zero attached hydrogens (tertiary/aromatic N) is 4. The van der Waals surface area contributed by atoms with E-state index in [1.165, 1.54) is 11.8 Å². The topological polar surface area (TPSA) is 181 Å². The molecule has 1 fully saturated rings. The predicted octanol–water partition coefficient (Wildman–Crippen LogP) is 5.55. The highest BCUT2D eigenvalue weighted by Gasteiger charge is 2.33. The molecule has 270 valence electrons. The summed E-state index contributed by atoms with van der Waals surface area (Å²) in [7, 11) is 0. The van der Waals surface area contributed by atoms with Crippen LogP contribution in [0.15, 0.2) is 102 Å². The summed E-state index contributed by atoms with van der Waals surface area (Å²) in [6.45, 7) is 0.316. The van der Waals surface area contributed by atoms with Gasteiger partial charge in [0.1, 0.15) is 5.75 Å². The molecule has 3 atom stereocenters. The minimum Gasteiger partial charge on any atom is -0.508 e. The third kappa shape index (κ3) is 9.60. The van der Waals surface area contributed by atoms with Crippen molar-refractivity contribution in [1.82, 2.24) is 31.0 Å². The van der Waals surface area contributed by atoms with Crippen molar-refractivity contribution in [2.24, 2.45) is 0 Å². The summed E-state index contributed by atoms with van der Waals surface area (Å²) in [6.07, 6.45) is 0.975. The van der Waals surface area contributed by atoms with Gasteiger partial charge in [-0.2, -0.15) is 4.68 Å². The quantitative estimate of drug-likeness (QED) is 0.0396. The number of benzene rings is 4. The zero-order valence-corrected chi connectivity index (χ0v) is 29.1. The summed E-state index contributed by atoms with van der Waals surface area (Å²) < 4.78 is 14.7. The normalized spacial score (nSPS) is 17.1.